The Morgan fingerprint density at radius 1 is 1.44 bits per heavy atom. The van der Waals surface area contributed by atoms with Crippen LogP contribution < -0.4 is 10.1 Å². The van der Waals surface area contributed by atoms with Gasteiger partial charge < -0.3 is 20.1 Å². The third kappa shape index (κ3) is 2.72. The first kappa shape index (κ1) is 16.5. The number of carboxylic acid groups (broad SMARTS) is 1. The highest BCUT2D eigenvalue weighted by Gasteiger charge is 2.55. The van der Waals surface area contributed by atoms with Gasteiger partial charge in [0.2, 0.25) is 0 Å². The number of likely N-dealkylation sites (tertiary alicyclic amines) is 1. The highest BCUT2D eigenvalue weighted by molar-refractivity contribution is 6.30. The van der Waals surface area contributed by atoms with Gasteiger partial charge in [0.05, 0.1) is 12.0 Å². The lowest BCUT2D eigenvalue weighted by Crippen LogP contribution is -2.41. The quantitative estimate of drug-likeness (QED) is 0.864. The fourth-order valence-electron chi connectivity index (χ4n) is 4.55. The number of hydrogen-bond acceptors (Lipinski definition) is 3. The van der Waals surface area contributed by atoms with Crippen LogP contribution in [0.5, 0.6) is 5.75 Å². The van der Waals surface area contributed by atoms with E-state index in [1.165, 1.54) is 0 Å². The average Bonchev–Trinajstić information content (AvgIpc) is 3.24. The largest absolute Gasteiger partial charge is 0.493 e. The molecule has 3 aliphatic rings. The Labute approximate surface area is 151 Å². The molecule has 2 heterocycles. The molecule has 0 unspecified atom stereocenters. The second-order valence-corrected chi connectivity index (χ2v) is 7.68. The number of urea groups is 1. The van der Waals surface area contributed by atoms with E-state index in [2.05, 4.69) is 5.32 Å². The van der Waals surface area contributed by atoms with Crippen LogP contribution in [-0.4, -0.2) is 41.7 Å². The van der Waals surface area contributed by atoms with E-state index in [9.17, 15) is 14.7 Å². The lowest BCUT2D eigenvalue weighted by molar-refractivity contribution is -0.149. The molecule has 1 saturated heterocycles. The average molecular weight is 365 g/mol. The highest BCUT2D eigenvalue weighted by atomic mass is 35.5. The minimum Gasteiger partial charge on any atom is -0.493 e. The van der Waals surface area contributed by atoms with Crippen molar-refractivity contribution in [3.8, 4) is 5.75 Å². The van der Waals surface area contributed by atoms with Gasteiger partial charge in [-0.3, -0.25) is 4.79 Å². The van der Waals surface area contributed by atoms with Crippen LogP contribution in [0.3, 0.4) is 0 Å². The smallest absolute Gasteiger partial charge is 0.317 e. The van der Waals surface area contributed by atoms with Crippen molar-refractivity contribution in [2.45, 2.75) is 32.2 Å². The van der Waals surface area contributed by atoms with Gasteiger partial charge in [-0.2, -0.15) is 0 Å². The summed E-state index contributed by atoms with van der Waals surface area (Å²) < 4.78 is 5.65. The molecule has 2 atom stereocenters. The first-order valence-corrected chi connectivity index (χ1v) is 9.08. The zero-order valence-electron chi connectivity index (χ0n) is 13.9. The van der Waals surface area contributed by atoms with Gasteiger partial charge in [-0.1, -0.05) is 18.0 Å². The van der Waals surface area contributed by atoms with Crippen LogP contribution in [0.2, 0.25) is 5.02 Å². The SMILES string of the molecule is O=C(NCc1cc(Cl)cc2c1OCC2)N1C[C@@H]2CCC[C@@]2(C(=O)O)C1. The number of halogens is 1. The molecule has 2 N–H and O–H groups in total. The van der Waals surface area contributed by atoms with Crippen LogP contribution in [0, 0.1) is 11.3 Å². The van der Waals surface area contributed by atoms with E-state index in [-0.39, 0.29) is 11.9 Å². The van der Waals surface area contributed by atoms with Gasteiger partial charge in [-0.25, -0.2) is 4.79 Å². The van der Waals surface area contributed by atoms with Crippen LogP contribution in [0.1, 0.15) is 30.4 Å². The maximum Gasteiger partial charge on any atom is 0.317 e. The van der Waals surface area contributed by atoms with E-state index >= 15 is 0 Å². The summed E-state index contributed by atoms with van der Waals surface area (Å²) in [4.78, 5) is 25.9. The van der Waals surface area contributed by atoms with Crippen molar-refractivity contribution >= 4 is 23.6 Å². The number of carbonyl (C=O) groups is 2. The van der Waals surface area contributed by atoms with Gasteiger partial charge in [0, 0.05) is 36.6 Å². The topological polar surface area (TPSA) is 78.9 Å². The van der Waals surface area contributed by atoms with Gasteiger partial charge in [0.1, 0.15) is 5.75 Å². The predicted molar refractivity (Wildman–Crippen MR) is 91.9 cm³/mol. The molecule has 0 bridgehead atoms. The molecule has 0 spiro atoms. The van der Waals surface area contributed by atoms with Crippen LogP contribution in [0.15, 0.2) is 12.1 Å². The molecule has 1 saturated carbocycles. The van der Waals surface area contributed by atoms with Crippen molar-refractivity contribution in [2.24, 2.45) is 11.3 Å². The van der Waals surface area contributed by atoms with E-state index in [0.29, 0.717) is 37.7 Å². The van der Waals surface area contributed by atoms with Crippen molar-refractivity contribution < 1.29 is 19.4 Å². The second kappa shape index (κ2) is 6.09. The molecular formula is C18H21ClN2O4. The molecule has 134 valence electrons. The second-order valence-electron chi connectivity index (χ2n) is 7.24. The standard InChI is InChI=1S/C18H21ClN2O4/c19-14-6-11-3-5-25-15(11)12(7-14)8-20-17(24)21-9-13-2-1-4-18(13,10-21)16(22)23/h6-7,13H,1-5,8-10H2,(H,20,24)(H,22,23)/t13-,18+/m0/s1. The highest BCUT2D eigenvalue weighted by Crippen LogP contribution is 2.48. The Balaban J connectivity index is 1.43. The first-order chi connectivity index (χ1) is 12.0. The van der Waals surface area contributed by atoms with Gasteiger partial charge in [0.25, 0.3) is 0 Å². The van der Waals surface area contributed by atoms with E-state index in [0.717, 1.165) is 36.1 Å². The van der Waals surface area contributed by atoms with E-state index in [4.69, 9.17) is 16.3 Å². The Hall–Kier alpha value is -1.95. The summed E-state index contributed by atoms with van der Waals surface area (Å²) in [5.74, 6) is 0.103. The molecule has 0 radical (unpaired) electrons. The molecule has 6 nitrogen and oxygen atoms in total. The van der Waals surface area contributed by atoms with Crippen LogP contribution in [0.25, 0.3) is 0 Å². The number of carbonyl (C=O) groups excluding carboxylic acids is 1. The van der Waals surface area contributed by atoms with Crippen LogP contribution >= 0.6 is 11.6 Å². The zero-order chi connectivity index (χ0) is 17.6. The molecule has 1 aromatic rings. The Bertz CT molecular complexity index is 738. The molecule has 0 aromatic heterocycles. The first-order valence-electron chi connectivity index (χ1n) is 8.70. The number of hydrogen-bond donors (Lipinski definition) is 2. The lowest BCUT2D eigenvalue weighted by Gasteiger charge is -2.23. The molecular weight excluding hydrogens is 344 g/mol. The minimum absolute atomic E-state index is 0.0644. The predicted octanol–water partition coefficient (Wildman–Crippen LogP) is 2.67. The summed E-state index contributed by atoms with van der Waals surface area (Å²) in [6.07, 6.45) is 3.29. The molecule has 4 rings (SSSR count). The van der Waals surface area contributed by atoms with Gasteiger partial charge in [-0.05, 0) is 36.5 Å². The maximum absolute atomic E-state index is 12.5. The summed E-state index contributed by atoms with van der Waals surface area (Å²) >= 11 is 6.14. The Morgan fingerprint density at radius 3 is 3.04 bits per heavy atom. The summed E-state index contributed by atoms with van der Waals surface area (Å²) in [6.45, 7) is 1.76. The van der Waals surface area contributed by atoms with E-state index in [1.807, 2.05) is 12.1 Å². The van der Waals surface area contributed by atoms with Crippen LogP contribution in [-0.2, 0) is 17.8 Å². The Morgan fingerprint density at radius 2 is 2.28 bits per heavy atom. The summed E-state index contributed by atoms with van der Waals surface area (Å²) in [7, 11) is 0. The molecule has 7 heteroatoms. The number of nitrogens with one attached hydrogen (secondary N) is 1. The number of fused-ring (bicyclic) bond motifs is 2. The minimum atomic E-state index is -0.772. The number of rotatable bonds is 3. The van der Waals surface area contributed by atoms with E-state index < -0.39 is 11.4 Å². The molecule has 1 aromatic carbocycles. The van der Waals surface area contributed by atoms with Gasteiger partial charge in [-0.15, -0.1) is 0 Å². The monoisotopic (exact) mass is 364 g/mol. The number of carboxylic acids is 1. The van der Waals surface area contributed by atoms with Crippen LogP contribution in [0.4, 0.5) is 4.79 Å². The van der Waals surface area contributed by atoms with E-state index in [1.54, 1.807) is 4.90 Å². The molecule has 2 aliphatic heterocycles. The maximum atomic E-state index is 12.5. The van der Waals surface area contributed by atoms with Crippen molar-refractivity contribution in [2.75, 3.05) is 19.7 Å². The van der Waals surface area contributed by atoms with Crippen molar-refractivity contribution in [1.82, 2.24) is 10.2 Å². The molecule has 25 heavy (non-hydrogen) atoms. The summed E-state index contributed by atoms with van der Waals surface area (Å²) in [5.41, 5.74) is 1.18. The lowest BCUT2D eigenvalue weighted by atomic mass is 9.81. The third-order valence-corrected chi connectivity index (χ3v) is 6.06. The number of amides is 2. The number of ether oxygens (including phenoxy) is 1. The molecule has 2 amide bonds. The van der Waals surface area contributed by atoms with Crippen molar-refractivity contribution in [3.63, 3.8) is 0 Å². The normalized spacial score (nSPS) is 26.9. The summed E-state index contributed by atoms with van der Waals surface area (Å²) in [6, 6.07) is 3.48. The van der Waals surface area contributed by atoms with Crippen molar-refractivity contribution in [3.05, 3.63) is 28.3 Å². The fraction of sp³-hybridized carbons (Fsp3) is 0.556. The summed E-state index contributed by atoms with van der Waals surface area (Å²) in [5, 5.41) is 13.2. The van der Waals surface area contributed by atoms with Gasteiger partial charge in [0.15, 0.2) is 0 Å². The fourth-order valence-corrected chi connectivity index (χ4v) is 4.82. The van der Waals surface area contributed by atoms with Gasteiger partial charge >= 0.3 is 12.0 Å². The molecule has 1 aliphatic carbocycles. The number of benzene rings is 1. The number of aliphatic carboxylic acids is 1. The zero-order valence-corrected chi connectivity index (χ0v) is 14.6. The molecule has 2 fully saturated rings. The number of nitrogens with zero attached hydrogens (tertiary/aromatic N) is 1. The third-order valence-electron chi connectivity index (χ3n) is 5.84. The van der Waals surface area contributed by atoms with Crippen molar-refractivity contribution in [1.29, 1.82) is 0 Å². The Kier molecular flexibility index (Phi) is 4.02.